The summed E-state index contributed by atoms with van der Waals surface area (Å²) >= 11 is 11.9. The number of nitrogens with one attached hydrogen (secondary N) is 1. The van der Waals surface area contributed by atoms with Crippen LogP contribution in [0.3, 0.4) is 0 Å². The molecule has 1 aromatic rings. The molecular weight excluding hydrogens is 313 g/mol. The molecule has 1 N–H and O–H groups in total. The van der Waals surface area contributed by atoms with E-state index in [9.17, 15) is 9.59 Å². The van der Waals surface area contributed by atoms with Gasteiger partial charge < -0.3 is 10.1 Å². The van der Waals surface area contributed by atoms with Crippen molar-refractivity contribution in [2.45, 2.75) is 19.9 Å². The van der Waals surface area contributed by atoms with Crippen LogP contribution >= 0.6 is 23.2 Å². The molecule has 1 unspecified atom stereocenters. The van der Waals surface area contributed by atoms with Crippen LogP contribution in [0.2, 0.25) is 10.0 Å². The standard InChI is InChI=1S/C15H17Cl2NO3/c1-9(2)14(15(20)21-3)18-12(19)8-7-10-5-4-6-11(16)13(10)17/h4-9,14H,1-3H3,(H,18,19). The van der Waals surface area contributed by atoms with Crippen LogP contribution in [0.5, 0.6) is 0 Å². The molecule has 6 heteroatoms. The fraction of sp³-hybridized carbons (Fsp3) is 0.333. The Balaban J connectivity index is 2.78. The Hall–Kier alpha value is -1.52. The lowest BCUT2D eigenvalue weighted by Crippen LogP contribution is -2.44. The molecule has 0 aromatic heterocycles. The Morgan fingerprint density at radius 2 is 1.95 bits per heavy atom. The van der Waals surface area contributed by atoms with Gasteiger partial charge in [0.05, 0.1) is 17.2 Å². The molecule has 4 nitrogen and oxygen atoms in total. The third kappa shape index (κ3) is 5.06. The van der Waals surface area contributed by atoms with Crippen molar-refractivity contribution in [3.05, 3.63) is 39.9 Å². The summed E-state index contributed by atoms with van der Waals surface area (Å²) in [5.41, 5.74) is 0.624. The smallest absolute Gasteiger partial charge is 0.328 e. The maximum atomic E-state index is 11.9. The molecule has 0 radical (unpaired) electrons. The second-order valence-electron chi connectivity index (χ2n) is 4.73. The topological polar surface area (TPSA) is 55.4 Å². The number of rotatable bonds is 5. The summed E-state index contributed by atoms with van der Waals surface area (Å²) in [7, 11) is 1.28. The normalized spacial score (nSPS) is 12.5. The molecule has 0 aliphatic heterocycles. The molecule has 1 rings (SSSR count). The number of methoxy groups -OCH3 is 1. The third-order valence-corrected chi connectivity index (χ3v) is 3.65. The van der Waals surface area contributed by atoms with E-state index < -0.39 is 17.9 Å². The molecule has 0 bridgehead atoms. The van der Waals surface area contributed by atoms with E-state index in [4.69, 9.17) is 23.2 Å². The van der Waals surface area contributed by atoms with Crippen molar-refractivity contribution < 1.29 is 14.3 Å². The van der Waals surface area contributed by atoms with Gasteiger partial charge in [0.15, 0.2) is 0 Å². The summed E-state index contributed by atoms with van der Waals surface area (Å²) < 4.78 is 4.66. The van der Waals surface area contributed by atoms with Crippen molar-refractivity contribution in [2.75, 3.05) is 7.11 Å². The molecular formula is C15H17Cl2NO3. The molecule has 21 heavy (non-hydrogen) atoms. The lowest BCUT2D eigenvalue weighted by molar-refractivity contribution is -0.145. The molecule has 0 heterocycles. The number of hydrogen-bond acceptors (Lipinski definition) is 3. The van der Waals surface area contributed by atoms with Gasteiger partial charge in [0.25, 0.3) is 0 Å². The summed E-state index contributed by atoms with van der Waals surface area (Å²) in [6, 6.07) is 4.44. The van der Waals surface area contributed by atoms with Crippen molar-refractivity contribution in [3.63, 3.8) is 0 Å². The van der Waals surface area contributed by atoms with Gasteiger partial charge in [-0.2, -0.15) is 0 Å². The number of hydrogen-bond donors (Lipinski definition) is 1. The predicted octanol–water partition coefficient (Wildman–Crippen LogP) is 3.32. The minimum absolute atomic E-state index is 0.0791. The van der Waals surface area contributed by atoms with Gasteiger partial charge in [-0.05, 0) is 23.6 Å². The summed E-state index contributed by atoms with van der Waals surface area (Å²) in [5.74, 6) is -0.966. The van der Waals surface area contributed by atoms with E-state index in [1.54, 1.807) is 18.2 Å². The lowest BCUT2D eigenvalue weighted by Gasteiger charge is -2.18. The number of carbonyl (C=O) groups excluding carboxylic acids is 2. The Labute approximate surface area is 134 Å². The average Bonchev–Trinajstić information content (AvgIpc) is 2.45. The van der Waals surface area contributed by atoms with E-state index in [1.165, 1.54) is 19.3 Å². The van der Waals surface area contributed by atoms with Gasteiger partial charge in [-0.1, -0.05) is 49.2 Å². The number of ether oxygens (including phenoxy) is 1. The monoisotopic (exact) mass is 329 g/mol. The van der Waals surface area contributed by atoms with Gasteiger partial charge in [-0.25, -0.2) is 4.79 Å². The molecule has 1 atom stereocenters. The summed E-state index contributed by atoms with van der Waals surface area (Å²) in [6.45, 7) is 3.64. The molecule has 0 aliphatic rings. The highest BCUT2D eigenvalue weighted by molar-refractivity contribution is 6.42. The van der Waals surface area contributed by atoms with Crippen molar-refractivity contribution in [1.82, 2.24) is 5.32 Å². The number of amides is 1. The fourth-order valence-corrected chi connectivity index (χ4v) is 2.01. The minimum Gasteiger partial charge on any atom is -0.467 e. The molecule has 0 fully saturated rings. The highest BCUT2D eigenvalue weighted by atomic mass is 35.5. The van der Waals surface area contributed by atoms with Crippen molar-refractivity contribution in [1.29, 1.82) is 0 Å². The van der Waals surface area contributed by atoms with Crippen LogP contribution < -0.4 is 5.32 Å². The van der Waals surface area contributed by atoms with Crippen LogP contribution in [-0.4, -0.2) is 25.0 Å². The van der Waals surface area contributed by atoms with Crippen LogP contribution in [0.25, 0.3) is 6.08 Å². The highest BCUT2D eigenvalue weighted by Crippen LogP contribution is 2.26. The zero-order valence-corrected chi connectivity index (χ0v) is 13.5. The van der Waals surface area contributed by atoms with Crippen LogP contribution in [0, 0.1) is 5.92 Å². The second kappa shape index (κ2) is 8.05. The quantitative estimate of drug-likeness (QED) is 0.666. The molecule has 1 aromatic carbocycles. The molecule has 0 saturated carbocycles. The van der Waals surface area contributed by atoms with Crippen LogP contribution in [0.15, 0.2) is 24.3 Å². The zero-order chi connectivity index (χ0) is 16.0. The van der Waals surface area contributed by atoms with Crippen molar-refractivity contribution >= 4 is 41.2 Å². The van der Waals surface area contributed by atoms with E-state index in [-0.39, 0.29) is 5.92 Å². The van der Waals surface area contributed by atoms with Crippen molar-refractivity contribution in [3.8, 4) is 0 Å². The SMILES string of the molecule is COC(=O)C(NC(=O)C=Cc1cccc(Cl)c1Cl)C(C)C. The summed E-state index contributed by atoms with van der Waals surface area (Å²) in [5, 5.41) is 3.38. The van der Waals surface area contributed by atoms with Gasteiger partial charge in [0, 0.05) is 6.08 Å². The van der Waals surface area contributed by atoms with Crippen LogP contribution in [-0.2, 0) is 14.3 Å². The molecule has 1 amide bonds. The first-order valence-electron chi connectivity index (χ1n) is 6.37. The Morgan fingerprint density at radius 3 is 2.52 bits per heavy atom. The highest BCUT2D eigenvalue weighted by Gasteiger charge is 2.23. The van der Waals surface area contributed by atoms with E-state index in [1.807, 2.05) is 13.8 Å². The van der Waals surface area contributed by atoms with E-state index in [0.29, 0.717) is 15.6 Å². The molecule has 0 aliphatic carbocycles. The van der Waals surface area contributed by atoms with Crippen LogP contribution in [0.4, 0.5) is 0 Å². The van der Waals surface area contributed by atoms with Gasteiger partial charge in [-0.3, -0.25) is 4.79 Å². The number of esters is 1. The maximum Gasteiger partial charge on any atom is 0.328 e. The lowest BCUT2D eigenvalue weighted by atomic mass is 10.0. The Morgan fingerprint density at radius 1 is 1.29 bits per heavy atom. The van der Waals surface area contributed by atoms with Gasteiger partial charge in [0.1, 0.15) is 6.04 Å². The molecule has 0 spiro atoms. The fourth-order valence-electron chi connectivity index (χ4n) is 1.64. The first-order valence-corrected chi connectivity index (χ1v) is 7.12. The number of halogens is 2. The molecule has 0 saturated heterocycles. The summed E-state index contributed by atoms with van der Waals surface area (Å²) in [4.78, 5) is 23.4. The van der Waals surface area contributed by atoms with Gasteiger partial charge in [0.2, 0.25) is 5.91 Å². The summed E-state index contributed by atoms with van der Waals surface area (Å²) in [6.07, 6.45) is 2.84. The largest absolute Gasteiger partial charge is 0.467 e. The number of benzene rings is 1. The third-order valence-electron chi connectivity index (χ3n) is 2.82. The van der Waals surface area contributed by atoms with Gasteiger partial charge in [-0.15, -0.1) is 0 Å². The number of carbonyl (C=O) groups is 2. The minimum atomic E-state index is -0.693. The maximum absolute atomic E-state index is 11.9. The van der Waals surface area contributed by atoms with Gasteiger partial charge >= 0.3 is 5.97 Å². The zero-order valence-electron chi connectivity index (χ0n) is 12.0. The van der Waals surface area contributed by atoms with E-state index >= 15 is 0 Å². The Kier molecular flexibility index (Phi) is 6.72. The van der Waals surface area contributed by atoms with E-state index in [0.717, 1.165) is 0 Å². The van der Waals surface area contributed by atoms with Crippen LogP contribution in [0.1, 0.15) is 19.4 Å². The van der Waals surface area contributed by atoms with E-state index in [2.05, 4.69) is 10.1 Å². The average molecular weight is 330 g/mol. The first-order chi connectivity index (χ1) is 9.86. The Bertz CT molecular complexity index is 556. The first kappa shape index (κ1) is 17.5. The molecule has 114 valence electrons. The predicted molar refractivity (Wildman–Crippen MR) is 84.3 cm³/mol. The second-order valence-corrected chi connectivity index (χ2v) is 5.51. The van der Waals surface area contributed by atoms with Crippen molar-refractivity contribution in [2.24, 2.45) is 5.92 Å².